The fourth-order valence-corrected chi connectivity index (χ4v) is 1.34. The Morgan fingerprint density at radius 1 is 1.35 bits per heavy atom. The van der Waals surface area contributed by atoms with Crippen molar-refractivity contribution in [3.8, 4) is 11.4 Å². The van der Waals surface area contributed by atoms with Gasteiger partial charge in [0.25, 0.3) is 0 Å². The van der Waals surface area contributed by atoms with Crippen molar-refractivity contribution in [2.24, 2.45) is 0 Å². The van der Waals surface area contributed by atoms with Gasteiger partial charge >= 0.3 is 51.4 Å². The number of aryl methyl sites for hydroxylation is 1. The van der Waals surface area contributed by atoms with Crippen LogP contribution in [0.1, 0.15) is 11.4 Å². The summed E-state index contributed by atoms with van der Waals surface area (Å²) in [7, 11) is 0. The normalized spacial score (nSPS) is 9.71. The Bertz CT molecular complexity index is 508. The van der Waals surface area contributed by atoms with Gasteiger partial charge in [-0.05, 0) is 6.92 Å². The SMILES string of the molecule is Cc1ccc(-c2n[nH]c(CC(=O)[O-])n2)cc1.[K+]. The Hall–Kier alpha value is -0.534. The summed E-state index contributed by atoms with van der Waals surface area (Å²) in [5.74, 6) is -0.376. The molecule has 0 aliphatic rings. The summed E-state index contributed by atoms with van der Waals surface area (Å²) in [6.07, 6.45) is -0.251. The van der Waals surface area contributed by atoms with Crippen LogP contribution in [0.5, 0.6) is 0 Å². The maximum atomic E-state index is 10.4. The molecule has 0 bridgehead atoms. The van der Waals surface area contributed by atoms with Crippen LogP contribution in [0.3, 0.4) is 0 Å². The zero-order valence-electron chi connectivity index (χ0n) is 9.73. The van der Waals surface area contributed by atoms with Gasteiger partial charge in [0.1, 0.15) is 5.82 Å². The van der Waals surface area contributed by atoms with Gasteiger partial charge in [-0.15, -0.1) is 0 Å². The molecule has 1 N–H and O–H groups in total. The smallest absolute Gasteiger partial charge is 0.550 e. The Morgan fingerprint density at radius 2 is 2.00 bits per heavy atom. The molecule has 1 aromatic carbocycles. The zero-order valence-corrected chi connectivity index (χ0v) is 12.9. The molecule has 0 radical (unpaired) electrons. The van der Waals surface area contributed by atoms with Crippen molar-refractivity contribution in [3.63, 3.8) is 0 Å². The predicted molar refractivity (Wildman–Crippen MR) is 55.3 cm³/mol. The molecule has 17 heavy (non-hydrogen) atoms. The Labute approximate surface area is 141 Å². The number of nitrogens with one attached hydrogen (secondary N) is 1. The summed E-state index contributed by atoms with van der Waals surface area (Å²) in [5, 5.41) is 16.9. The van der Waals surface area contributed by atoms with E-state index in [9.17, 15) is 9.90 Å². The number of benzene rings is 1. The second kappa shape index (κ2) is 6.41. The van der Waals surface area contributed by atoms with E-state index in [0.717, 1.165) is 11.1 Å². The molecule has 0 saturated heterocycles. The molecule has 0 atom stereocenters. The van der Waals surface area contributed by atoms with E-state index in [1.165, 1.54) is 0 Å². The minimum absolute atomic E-state index is 0. The maximum absolute atomic E-state index is 10.4. The quantitative estimate of drug-likeness (QED) is 0.596. The molecule has 0 aliphatic carbocycles. The number of H-pyrrole nitrogens is 1. The number of carboxylic acid groups (broad SMARTS) is 1. The van der Waals surface area contributed by atoms with Crippen LogP contribution >= 0.6 is 0 Å². The number of aromatic nitrogens is 3. The Morgan fingerprint density at radius 3 is 2.59 bits per heavy atom. The van der Waals surface area contributed by atoms with Crippen molar-refractivity contribution in [1.29, 1.82) is 0 Å². The van der Waals surface area contributed by atoms with Crippen LogP contribution in [-0.2, 0) is 11.2 Å². The van der Waals surface area contributed by atoms with Crippen molar-refractivity contribution in [1.82, 2.24) is 15.2 Å². The van der Waals surface area contributed by atoms with Crippen LogP contribution in [0.2, 0.25) is 0 Å². The molecule has 0 spiro atoms. The summed E-state index contributed by atoms with van der Waals surface area (Å²) in [6, 6.07) is 7.68. The molecule has 0 saturated carbocycles. The molecule has 2 rings (SSSR count). The van der Waals surface area contributed by atoms with Crippen LogP contribution in [0.4, 0.5) is 0 Å². The second-order valence-corrected chi connectivity index (χ2v) is 3.52. The van der Waals surface area contributed by atoms with Crippen molar-refractivity contribution in [2.45, 2.75) is 13.3 Å². The van der Waals surface area contributed by atoms with Crippen molar-refractivity contribution in [2.75, 3.05) is 0 Å². The number of nitrogens with zero attached hydrogens (tertiary/aromatic N) is 2. The molecule has 1 heterocycles. The van der Waals surface area contributed by atoms with Gasteiger partial charge in [0.15, 0.2) is 5.82 Å². The molecule has 0 unspecified atom stereocenters. The minimum Gasteiger partial charge on any atom is -0.550 e. The third-order valence-electron chi connectivity index (χ3n) is 2.15. The van der Waals surface area contributed by atoms with Gasteiger partial charge in [0.2, 0.25) is 0 Å². The van der Waals surface area contributed by atoms with Crippen LogP contribution in [0.25, 0.3) is 11.4 Å². The molecule has 1 aromatic heterocycles. The summed E-state index contributed by atoms with van der Waals surface area (Å²) >= 11 is 0. The largest absolute Gasteiger partial charge is 1.00 e. The average Bonchev–Trinajstić information content (AvgIpc) is 2.66. The second-order valence-electron chi connectivity index (χ2n) is 3.52. The molecule has 0 fully saturated rings. The first kappa shape index (κ1) is 14.5. The van der Waals surface area contributed by atoms with Crippen LogP contribution in [0, 0.1) is 6.92 Å². The number of rotatable bonds is 3. The number of carbonyl (C=O) groups excluding carboxylic acids is 1. The van der Waals surface area contributed by atoms with Crippen LogP contribution in [0.15, 0.2) is 24.3 Å². The van der Waals surface area contributed by atoms with Crippen LogP contribution in [-0.4, -0.2) is 21.2 Å². The average molecular weight is 255 g/mol. The fourth-order valence-electron chi connectivity index (χ4n) is 1.34. The zero-order chi connectivity index (χ0) is 11.5. The first-order chi connectivity index (χ1) is 7.65. The molecule has 0 amide bonds. The van der Waals surface area contributed by atoms with E-state index in [1.54, 1.807) is 0 Å². The van der Waals surface area contributed by atoms with Crippen LogP contribution < -0.4 is 56.5 Å². The molecular weight excluding hydrogens is 245 g/mol. The molecular formula is C11H10KN3O2. The van der Waals surface area contributed by atoms with Crippen molar-refractivity contribution < 1.29 is 61.3 Å². The third-order valence-corrected chi connectivity index (χ3v) is 2.15. The first-order valence-corrected chi connectivity index (χ1v) is 4.83. The first-order valence-electron chi connectivity index (χ1n) is 4.83. The number of carbonyl (C=O) groups is 1. The van der Waals surface area contributed by atoms with E-state index < -0.39 is 5.97 Å². The van der Waals surface area contributed by atoms with E-state index in [4.69, 9.17) is 0 Å². The number of hydrogen-bond acceptors (Lipinski definition) is 4. The van der Waals surface area contributed by atoms with Crippen molar-refractivity contribution >= 4 is 5.97 Å². The molecule has 0 aliphatic heterocycles. The fraction of sp³-hybridized carbons (Fsp3) is 0.182. The monoisotopic (exact) mass is 255 g/mol. The molecule has 5 nitrogen and oxygen atoms in total. The van der Waals surface area contributed by atoms with E-state index in [2.05, 4.69) is 15.2 Å². The van der Waals surface area contributed by atoms with Gasteiger partial charge in [-0.25, -0.2) is 4.98 Å². The van der Waals surface area contributed by atoms with E-state index >= 15 is 0 Å². The Balaban J connectivity index is 0.00000144. The van der Waals surface area contributed by atoms with E-state index in [1.807, 2.05) is 31.2 Å². The minimum atomic E-state index is -1.17. The van der Waals surface area contributed by atoms with Gasteiger partial charge in [0.05, 0.1) is 0 Å². The van der Waals surface area contributed by atoms with Crippen molar-refractivity contribution in [3.05, 3.63) is 35.7 Å². The number of aromatic amines is 1. The maximum Gasteiger partial charge on any atom is 1.00 e. The topological polar surface area (TPSA) is 81.7 Å². The van der Waals surface area contributed by atoms with E-state index in [0.29, 0.717) is 11.6 Å². The van der Waals surface area contributed by atoms with E-state index in [-0.39, 0.29) is 57.8 Å². The Kier molecular flexibility index (Phi) is 5.48. The number of carboxylic acids is 1. The molecule has 2 aromatic rings. The van der Waals surface area contributed by atoms with Gasteiger partial charge in [-0.1, -0.05) is 29.8 Å². The standard InChI is InChI=1S/C11H11N3O2.K/c1-7-2-4-8(5-3-7)11-12-9(13-14-11)6-10(15)16;/h2-5H,6H2,1H3,(H,15,16)(H,12,13,14);/q;+1/p-1. The van der Waals surface area contributed by atoms with Gasteiger partial charge in [0, 0.05) is 18.0 Å². The number of aliphatic carboxylic acids is 1. The third kappa shape index (κ3) is 4.00. The van der Waals surface area contributed by atoms with Gasteiger partial charge in [-0.3, -0.25) is 5.10 Å². The summed E-state index contributed by atoms with van der Waals surface area (Å²) in [5.41, 5.74) is 2.00. The summed E-state index contributed by atoms with van der Waals surface area (Å²) in [6.45, 7) is 1.99. The summed E-state index contributed by atoms with van der Waals surface area (Å²) < 4.78 is 0. The van der Waals surface area contributed by atoms with Gasteiger partial charge < -0.3 is 9.90 Å². The number of hydrogen-bond donors (Lipinski definition) is 1. The predicted octanol–water partition coefficient (Wildman–Crippen LogP) is -2.92. The molecule has 6 heteroatoms. The van der Waals surface area contributed by atoms with Gasteiger partial charge in [-0.2, -0.15) is 5.10 Å². The molecule has 82 valence electrons. The summed E-state index contributed by atoms with van der Waals surface area (Å²) in [4.78, 5) is 14.4.